The molecule has 3 nitrogen and oxygen atoms in total. The van der Waals surface area contributed by atoms with Gasteiger partial charge in [0.1, 0.15) is 5.60 Å². The summed E-state index contributed by atoms with van der Waals surface area (Å²) in [4.78, 5) is 0. The van der Waals surface area contributed by atoms with E-state index in [0.717, 1.165) is 12.8 Å². The van der Waals surface area contributed by atoms with Crippen LogP contribution >= 0.6 is 0 Å². The molecule has 2 N–H and O–H groups in total. The van der Waals surface area contributed by atoms with Crippen molar-refractivity contribution in [3.8, 4) is 0 Å². The van der Waals surface area contributed by atoms with Gasteiger partial charge in [0.05, 0.1) is 6.10 Å². The lowest BCUT2D eigenvalue weighted by Gasteiger charge is -2.29. The molecule has 3 atom stereocenters. The molecule has 0 bridgehead atoms. The number of hydrogen-bond donors (Lipinski definition) is 2. The second kappa shape index (κ2) is 5.84. The first-order valence-electron chi connectivity index (χ1n) is 7.84. The Morgan fingerprint density at radius 2 is 2.20 bits per heavy atom. The van der Waals surface area contributed by atoms with Crippen LogP contribution in [0.1, 0.15) is 49.8 Å². The highest BCUT2D eigenvalue weighted by Gasteiger charge is 2.39. The summed E-state index contributed by atoms with van der Waals surface area (Å²) in [5, 5.41) is 14.2. The number of nitrogens with one attached hydrogen (secondary N) is 1. The minimum absolute atomic E-state index is 0.0731. The third-order valence-corrected chi connectivity index (χ3v) is 4.93. The summed E-state index contributed by atoms with van der Waals surface area (Å²) in [5.74, 6) is 0. The minimum Gasteiger partial charge on any atom is -0.386 e. The molecule has 1 aliphatic heterocycles. The normalized spacial score (nSPS) is 33.7. The van der Waals surface area contributed by atoms with E-state index in [1.165, 1.54) is 30.4 Å². The Morgan fingerprint density at radius 1 is 1.35 bits per heavy atom. The molecule has 1 aliphatic carbocycles. The topological polar surface area (TPSA) is 41.5 Å². The van der Waals surface area contributed by atoms with Crippen molar-refractivity contribution in [2.45, 2.75) is 56.8 Å². The average Bonchev–Trinajstić information content (AvgIpc) is 2.68. The Balaban J connectivity index is 1.71. The number of fused-ring (bicyclic) bond motifs is 1. The van der Waals surface area contributed by atoms with Gasteiger partial charge in [-0.2, -0.15) is 0 Å². The second-order valence-corrected chi connectivity index (χ2v) is 6.24. The summed E-state index contributed by atoms with van der Waals surface area (Å²) in [6.45, 7) is 3.25. The van der Waals surface area contributed by atoms with Crippen molar-refractivity contribution in [1.82, 2.24) is 5.32 Å². The van der Waals surface area contributed by atoms with E-state index in [1.54, 1.807) is 0 Å². The van der Waals surface area contributed by atoms with Gasteiger partial charge in [-0.05, 0) is 37.3 Å². The maximum atomic E-state index is 10.6. The van der Waals surface area contributed by atoms with Gasteiger partial charge in [-0.25, -0.2) is 0 Å². The first-order valence-corrected chi connectivity index (χ1v) is 7.84. The number of ether oxygens (including phenoxy) is 1. The van der Waals surface area contributed by atoms with Crippen LogP contribution in [-0.4, -0.2) is 30.0 Å². The van der Waals surface area contributed by atoms with Crippen molar-refractivity contribution in [2.24, 2.45) is 0 Å². The molecule has 3 rings (SSSR count). The molecule has 0 radical (unpaired) electrons. The first kappa shape index (κ1) is 14.1. The number of hydrogen-bond acceptors (Lipinski definition) is 3. The van der Waals surface area contributed by atoms with E-state index in [1.807, 2.05) is 6.92 Å². The van der Waals surface area contributed by atoms with Crippen LogP contribution in [0.25, 0.3) is 0 Å². The highest BCUT2D eigenvalue weighted by atomic mass is 16.5. The molecule has 0 saturated carbocycles. The maximum Gasteiger partial charge on any atom is 0.105 e. The molecular formula is C17H25NO2. The van der Waals surface area contributed by atoms with Gasteiger partial charge in [-0.1, -0.05) is 30.7 Å². The molecule has 3 heteroatoms. The lowest BCUT2D eigenvalue weighted by atomic mass is 9.94. The lowest BCUT2D eigenvalue weighted by Crippen LogP contribution is -2.46. The highest BCUT2D eigenvalue weighted by Crippen LogP contribution is 2.30. The monoisotopic (exact) mass is 275 g/mol. The Labute approximate surface area is 121 Å². The van der Waals surface area contributed by atoms with Crippen molar-refractivity contribution in [1.29, 1.82) is 0 Å². The third-order valence-electron chi connectivity index (χ3n) is 4.93. The summed E-state index contributed by atoms with van der Waals surface area (Å²) in [5.41, 5.74) is 2.17. The van der Waals surface area contributed by atoms with E-state index in [2.05, 4.69) is 29.6 Å². The molecule has 1 aromatic carbocycles. The van der Waals surface area contributed by atoms with Crippen molar-refractivity contribution in [3.63, 3.8) is 0 Å². The van der Waals surface area contributed by atoms with Crippen LogP contribution in [0.5, 0.6) is 0 Å². The molecule has 0 spiro atoms. The van der Waals surface area contributed by atoms with Gasteiger partial charge in [0.25, 0.3) is 0 Å². The molecule has 20 heavy (non-hydrogen) atoms. The summed E-state index contributed by atoms with van der Waals surface area (Å²) in [7, 11) is 0. The van der Waals surface area contributed by atoms with Crippen molar-refractivity contribution >= 4 is 0 Å². The predicted molar refractivity (Wildman–Crippen MR) is 79.7 cm³/mol. The Kier molecular flexibility index (Phi) is 4.11. The minimum atomic E-state index is -0.707. The highest BCUT2D eigenvalue weighted by molar-refractivity contribution is 5.31. The molecule has 3 unspecified atom stereocenters. The molecule has 1 fully saturated rings. The van der Waals surface area contributed by atoms with Gasteiger partial charge in [-0.15, -0.1) is 0 Å². The van der Waals surface area contributed by atoms with Gasteiger partial charge in [0.15, 0.2) is 0 Å². The fourth-order valence-electron chi connectivity index (χ4n) is 3.44. The first-order chi connectivity index (χ1) is 9.69. The number of rotatable bonds is 3. The maximum absolute atomic E-state index is 10.6. The van der Waals surface area contributed by atoms with Crippen molar-refractivity contribution < 1.29 is 9.84 Å². The SMILES string of the molecule is CC1OCCC1(O)CNC1CCCCc2ccccc21. The van der Waals surface area contributed by atoms with Gasteiger partial charge in [0, 0.05) is 25.6 Å². The third kappa shape index (κ3) is 2.76. The number of aliphatic hydroxyl groups is 1. The molecule has 1 heterocycles. The molecule has 110 valence electrons. The molecule has 1 saturated heterocycles. The summed E-state index contributed by atoms with van der Waals surface area (Å²) >= 11 is 0. The van der Waals surface area contributed by atoms with Crippen LogP contribution in [0, 0.1) is 0 Å². The largest absolute Gasteiger partial charge is 0.386 e. The number of benzene rings is 1. The Bertz CT molecular complexity index is 462. The van der Waals surface area contributed by atoms with Crippen LogP contribution in [0.4, 0.5) is 0 Å². The predicted octanol–water partition coefficient (Wildman–Crippen LogP) is 2.58. The zero-order chi connectivity index (χ0) is 14.0. The van der Waals surface area contributed by atoms with Crippen LogP contribution in [0.3, 0.4) is 0 Å². The van der Waals surface area contributed by atoms with E-state index in [9.17, 15) is 5.11 Å². The number of aryl methyl sites for hydroxylation is 1. The van der Waals surface area contributed by atoms with Crippen LogP contribution in [-0.2, 0) is 11.2 Å². The fraction of sp³-hybridized carbons (Fsp3) is 0.647. The van der Waals surface area contributed by atoms with E-state index in [-0.39, 0.29) is 6.10 Å². The fourth-order valence-corrected chi connectivity index (χ4v) is 3.44. The van der Waals surface area contributed by atoms with Crippen LogP contribution in [0.2, 0.25) is 0 Å². The smallest absolute Gasteiger partial charge is 0.105 e. The van der Waals surface area contributed by atoms with E-state index >= 15 is 0 Å². The Hall–Kier alpha value is -0.900. The summed E-state index contributed by atoms with van der Waals surface area (Å²) in [6.07, 6.45) is 5.50. The van der Waals surface area contributed by atoms with Gasteiger partial charge >= 0.3 is 0 Å². The second-order valence-electron chi connectivity index (χ2n) is 6.24. The van der Waals surface area contributed by atoms with Crippen LogP contribution in [0.15, 0.2) is 24.3 Å². The quantitative estimate of drug-likeness (QED) is 0.833. The Morgan fingerprint density at radius 3 is 3.00 bits per heavy atom. The van der Waals surface area contributed by atoms with Gasteiger partial charge < -0.3 is 15.2 Å². The van der Waals surface area contributed by atoms with Crippen LogP contribution < -0.4 is 5.32 Å². The molecular weight excluding hydrogens is 250 g/mol. The molecule has 1 aromatic rings. The summed E-state index contributed by atoms with van der Waals surface area (Å²) in [6, 6.07) is 9.09. The summed E-state index contributed by atoms with van der Waals surface area (Å²) < 4.78 is 5.51. The van der Waals surface area contributed by atoms with Gasteiger partial charge in [0.2, 0.25) is 0 Å². The van der Waals surface area contributed by atoms with E-state index in [0.29, 0.717) is 19.2 Å². The average molecular weight is 275 g/mol. The zero-order valence-corrected chi connectivity index (χ0v) is 12.3. The standard InChI is InChI=1S/C17H25NO2/c1-13-17(19,10-11-20-13)12-18-16-9-5-3-7-14-6-2-4-8-15(14)16/h2,4,6,8,13,16,18-19H,3,5,7,9-12H2,1H3. The van der Waals surface area contributed by atoms with E-state index in [4.69, 9.17) is 4.74 Å². The molecule has 2 aliphatic rings. The molecule has 0 aromatic heterocycles. The van der Waals surface area contributed by atoms with Crippen molar-refractivity contribution in [2.75, 3.05) is 13.2 Å². The molecule has 0 amide bonds. The van der Waals surface area contributed by atoms with E-state index < -0.39 is 5.60 Å². The van der Waals surface area contributed by atoms with Gasteiger partial charge in [-0.3, -0.25) is 0 Å². The zero-order valence-electron chi connectivity index (χ0n) is 12.3. The lowest BCUT2D eigenvalue weighted by molar-refractivity contribution is -0.0278. The van der Waals surface area contributed by atoms with Crippen molar-refractivity contribution in [3.05, 3.63) is 35.4 Å².